The number of hydrogen-bond acceptors (Lipinski definition) is 3. The number of unbranched alkanes of at least 4 members (excludes halogenated alkanes) is 1. The number of oxime groups is 1. The number of hydrogen-bond donors (Lipinski definition) is 3. The van der Waals surface area contributed by atoms with Crippen molar-refractivity contribution in [3.05, 3.63) is 28.8 Å². The van der Waals surface area contributed by atoms with Crippen LogP contribution >= 0.6 is 11.6 Å². The van der Waals surface area contributed by atoms with Gasteiger partial charge in [-0.2, -0.15) is 13.2 Å². The van der Waals surface area contributed by atoms with Crippen molar-refractivity contribution in [1.29, 1.82) is 0 Å². The van der Waals surface area contributed by atoms with E-state index in [2.05, 4.69) is 10.5 Å². The van der Waals surface area contributed by atoms with E-state index in [0.29, 0.717) is 31.5 Å². The van der Waals surface area contributed by atoms with E-state index in [1.54, 1.807) is 0 Å². The summed E-state index contributed by atoms with van der Waals surface area (Å²) in [5.74, 6) is 0.135. The Morgan fingerprint density at radius 3 is 2.65 bits per heavy atom. The molecule has 0 saturated carbocycles. The fourth-order valence-corrected chi connectivity index (χ4v) is 1.79. The average molecular weight is 310 g/mol. The van der Waals surface area contributed by atoms with E-state index >= 15 is 0 Å². The molecule has 0 aliphatic rings. The lowest BCUT2D eigenvalue weighted by Gasteiger charge is -2.12. The van der Waals surface area contributed by atoms with Gasteiger partial charge in [-0.25, -0.2) is 0 Å². The van der Waals surface area contributed by atoms with Crippen LogP contribution in [-0.4, -0.2) is 17.6 Å². The number of amidine groups is 1. The highest BCUT2D eigenvalue weighted by atomic mass is 35.5. The Morgan fingerprint density at radius 1 is 1.35 bits per heavy atom. The molecular formula is C12H15ClF3N3O. The molecule has 1 aromatic carbocycles. The topological polar surface area (TPSA) is 70.6 Å². The Hall–Kier alpha value is -1.63. The van der Waals surface area contributed by atoms with Gasteiger partial charge in [-0.15, -0.1) is 0 Å². The van der Waals surface area contributed by atoms with Crippen LogP contribution in [0.25, 0.3) is 0 Å². The standard InChI is InChI=1S/C12H15ClF3N3O/c13-10-5-4-8(7-9(10)12(14,15)16)18-6-2-1-3-11(17)19-20/h4-5,7,18,20H,1-3,6H2,(H2,17,19). The molecule has 112 valence electrons. The first-order valence-electron chi connectivity index (χ1n) is 5.91. The zero-order chi connectivity index (χ0) is 15.2. The Balaban J connectivity index is 2.49. The van der Waals surface area contributed by atoms with Gasteiger partial charge >= 0.3 is 6.18 Å². The van der Waals surface area contributed by atoms with Crippen molar-refractivity contribution in [2.45, 2.75) is 25.4 Å². The van der Waals surface area contributed by atoms with Crippen molar-refractivity contribution in [2.75, 3.05) is 11.9 Å². The number of nitrogens with two attached hydrogens (primary N) is 1. The van der Waals surface area contributed by atoms with E-state index in [4.69, 9.17) is 22.5 Å². The molecule has 0 atom stereocenters. The molecule has 0 radical (unpaired) electrons. The van der Waals surface area contributed by atoms with Crippen molar-refractivity contribution in [3.63, 3.8) is 0 Å². The maximum Gasteiger partial charge on any atom is 0.417 e. The maximum atomic E-state index is 12.6. The molecule has 1 aromatic rings. The average Bonchev–Trinajstić information content (AvgIpc) is 2.38. The van der Waals surface area contributed by atoms with Crippen LogP contribution < -0.4 is 11.1 Å². The van der Waals surface area contributed by atoms with Crippen LogP contribution in [0.1, 0.15) is 24.8 Å². The van der Waals surface area contributed by atoms with Gasteiger partial charge < -0.3 is 16.3 Å². The first-order chi connectivity index (χ1) is 9.34. The number of anilines is 1. The van der Waals surface area contributed by atoms with Gasteiger partial charge in [0.1, 0.15) is 5.84 Å². The van der Waals surface area contributed by atoms with Crippen molar-refractivity contribution in [1.82, 2.24) is 0 Å². The summed E-state index contributed by atoms with van der Waals surface area (Å²) in [6.07, 6.45) is -2.68. The molecule has 0 heterocycles. The molecule has 0 bridgehead atoms. The Bertz CT molecular complexity index is 478. The first-order valence-corrected chi connectivity index (χ1v) is 6.29. The van der Waals surface area contributed by atoms with Crippen molar-refractivity contribution in [2.24, 2.45) is 10.9 Å². The second kappa shape index (κ2) is 7.23. The molecule has 20 heavy (non-hydrogen) atoms. The number of benzene rings is 1. The van der Waals surface area contributed by atoms with Crippen LogP contribution in [0.5, 0.6) is 0 Å². The van der Waals surface area contributed by atoms with E-state index in [9.17, 15) is 13.2 Å². The molecule has 0 aromatic heterocycles. The second-order valence-electron chi connectivity index (χ2n) is 4.17. The fourth-order valence-electron chi connectivity index (χ4n) is 1.57. The number of rotatable bonds is 6. The molecule has 4 N–H and O–H groups in total. The molecule has 4 nitrogen and oxygen atoms in total. The molecule has 1 rings (SSSR count). The molecular weight excluding hydrogens is 295 g/mol. The smallest absolute Gasteiger partial charge is 0.409 e. The predicted octanol–water partition coefficient (Wildman–Crippen LogP) is 3.69. The number of nitrogens with one attached hydrogen (secondary N) is 1. The van der Waals surface area contributed by atoms with E-state index in [0.717, 1.165) is 6.07 Å². The lowest BCUT2D eigenvalue weighted by molar-refractivity contribution is -0.137. The molecule has 0 aliphatic carbocycles. The lowest BCUT2D eigenvalue weighted by atomic mass is 10.2. The van der Waals surface area contributed by atoms with Crippen molar-refractivity contribution >= 4 is 23.1 Å². The summed E-state index contributed by atoms with van der Waals surface area (Å²) >= 11 is 5.52. The fraction of sp³-hybridized carbons (Fsp3) is 0.417. The molecule has 0 aliphatic heterocycles. The SMILES string of the molecule is NC(CCCCNc1ccc(Cl)c(C(F)(F)F)c1)=NO. The van der Waals surface area contributed by atoms with Gasteiger partial charge in [0.2, 0.25) is 0 Å². The summed E-state index contributed by atoms with van der Waals surface area (Å²) in [7, 11) is 0. The highest BCUT2D eigenvalue weighted by Gasteiger charge is 2.33. The highest BCUT2D eigenvalue weighted by molar-refractivity contribution is 6.31. The number of halogens is 4. The normalized spacial score (nSPS) is 12.5. The molecule has 0 amide bonds. The van der Waals surface area contributed by atoms with Crippen LogP contribution in [0.2, 0.25) is 5.02 Å². The molecule has 0 fully saturated rings. The molecule has 0 spiro atoms. The summed E-state index contributed by atoms with van der Waals surface area (Å²) in [5.41, 5.74) is 4.78. The summed E-state index contributed by atoms with van der Waals surface area (Å²) in [6.45, 7) is 0.484. The summed E-state index contributed by atoms with van der Waals surface area (Å²) in [6, 6.07) is 3.68. The van der Waals surface area contributed by atoms with Crippen LogP contribution in [0.4, 0.5) is 18.9 Å². The van der Waals surface area contributed by atoms with Crippen LogP contribution in [0.3, 0.4) is 0 Å². The Labute approximate surface area is 119 Å². The third-order valence-corrected chi connectivity index (χ3v) is 2.92. The van der Waals surface area contributed by atoms with E-state index in [1.165, 1.54) is 12.1 Å². The molecule has 0 unspecified atom stereocenters. The first kappa shape index (κ1) is 16.4. The summed E-state index contributed by atoms with van der Waals surface area (Å²) < 4.78 is 37.9. The van der Waals surface area contributed by atoms with Gasteiger partial charge in [0.25, 0.3) is 0 Å². The van der Waals surface area contributed by atoms with Crippen LogP contribution in [0, 0.1) is 0 Å². The minimum atomic E-state index is -4.47. The molecule has 0 saturated heterocycles. The van der Waals surface area contributed by atoms with Crippen molar-refractivity contribution in [3.8, 4) is 0 Å². The van der Waals surface area contributed by atoms with Gasteiger partial charge in [-0.1, -0.05) is 16.8 Å². The van der Waals surface area contributed by atoms with E-state index in [1.807, 2.05) is 0 Å². The minimum absolute atomic E-state index is 0.135. The molecule has 8 heteroatoms. The Morgan fingerprint density at radius 2 is 2.05 bits per heavy atom. The van der Waals surface area contributed by atoms with E-state index in [-0.39, 0.29) is 10.9 Å². The predicted molar refractivity (Wildman–Crippen MR) is 72.2 cm³/mol. The number of alkyl halides is 3. The third kappa shape index (κ3) is 5.16. The van der Waals surface area contributed by atoms with Gasteiger partial charge in [0, 0.05) is 18.7 Å². The summed E-state index contributed by atoms with van der Waals surface area (Å²) in [5, 5.41) is 13.7. The zero-order valence-electron chi connectivity index (χ0n) is 10.5. The monoisotopic (exact) mass is 309 g/mol. The quantitative estimate of drug-likeness (QED) is 0.247. The van der Waals surface area contributed by atoms with Crippen LogP contribution in [0.15, 0.2) is 23.4 Å². The minimum Gasteiger partial charge on any atom is -0.409 e. The largest absolute Gasteiger partial charge is 0.417 e. The van der Waals surface area contributed by atoms with Gasteiger partial charge in [-0.3, -0.25) is 0 Å². The Kier molecular flexibility index (Phi) is 5.94. The van der Waals surface area contributed by atoms with Gasteiger partial charge in [0.05, 0.1) is 10.6 Å². The summed E-state index contributed by atoms with van der Waals surface area (Å²) in [4.78, 5) is 0. The van der Waals surface area contributed by atoms with Crippen LogP contribution in [-0.2, 0) is 6.18 Å². The van der Waals surface area contributed by atoms with Crippen molar-refractivity contribution < 1.29 is 18.4 Å². The third-order valence-electron chi connectivity index (χ3n) is 2.59. The van der Waals surface area contributed by atoms with E-state index < -0.39 is 11.7 Å². The maximum absolute atomic E-state index is 12.6. The zero-order valence-corrected chi connectivity index (χ0v) is 11.3. The lowest BCUT2D eigenvalue weighted by Crippen LogP contribution is -2.12. The van der Waals surface area contributed by atoms with Gasteiger partial charge in [-0.05, 0) is 31.0 Å². The second-order valence-corrected chi connectivity index (χ2v) is 4.57. The van der Waals surface area contributed by atoms with Gasteiger partial charge in [0.15, 0.2) is 0 Å². The highest BCUT2D eigenvalue weighted by Crippen LogP contribution is 2.36. The number of nitrogens with zero attached hydrogens (tertiary/aromatic N) is 1.